The van der Waals surface area contributed by atoms with Gasteiger partial charge in [-0.2, -0.15) is 40.2 Å². The third-order valence-electron chi connectivity index (χ3n) is 14.2. The van der Waals surface area contributed by atoms with Crippen molar-refractivity contribution in [2.45, 2.75) is 108 Å². The second-order valence-corrected chi connectivity index (χ2v) is 20.3. The number of anilines is 1. The highest BCUT2D eigenvalue weighted by Gasteiger charge is 2.57. The molecule has 19 nitrogen and oxygen atoms in total. The Morgan fingerprint density at radius 1 is 0.823 bits per heavy atom. The quantitative estimate of drug-likeness (QED) is 0.0386. The number of aliphatic hydroxyl groups is 1. The van der Waals surface area contributed by atoms with Crippen molar-refractivity contribution in [1.82, 2.24) is 51.0 Å². The number of nitrogens with one attached hydrogen (secondary N) is 4. The van der Waals surface area contributed by atoms with Gasteiger partial charge >= 0.3 is 31.1 Å². The van der Waals surface area contributed by atoms with E-state index in [4.69, 9.17) is 4.74 Å². The first-order valence-corrected chi connectivity index (χ1v) is 24.3. The molecule has 3 saturated heterocycles. The van der Waals surface area contributed by atoms with E-state index in [0.29, 0.717) is 74.0 Å². The summed E-state index contributed by atoms with van der Waals surface area (Å²) in [7, 11) is 0.808. The zero-order valence-electron chi connectivity index (χ0n) is 42.8. The van der Waals surface area contributed by atoms with Gasteiger partial charge in [0.15, 0.2) is 0 Å². The molecule has 2 aromatic heterocycles. The van der Waals surface area contributed by atoms with Gasteiger partial charge in [-0.15, -0.1) is 0 Å². The van der Waals surface area contributed by atoms with E-state index in [9.17, 15) is 64.5 Å². The lowest BCUT2D eigenvalue weighted by Crippen LogP contribution is -2.63. The van der Waals surface area contributed by atoms with Crippen molar-refractivity contribution in [2.75, 3.05) is 44.9 Å². The van der Waals surface area contributed by atoms with E-state index in [-0.39, 0.29) is 27.5 Å². The normalized spacial score (nSPS) is 18.5. The van der Waals surface area contributed by atoms with Crippen molar-refractivity contribution in [3.05, 3.63) is 94.9 Å². The van der Waals surface area contributed by atoms with Gasteiger partial charge in [-0.25, -0.2) is 38.0 Å². The second kappa shape index (κ2) is 23.6. The number of carbonyl (C=O) groups is 4. The van der Waals surface area contributed by atoms with Crippen molar-refractivity contribution in [3.63, 3.8) is 0 Å². The minimum atomic E-state index is -5.29. The number of methoxy groups -OCH3 is 1. The Morgan fingerprint density at radius 2 is 1.42 bits per heavy atom. The predicted octanol–water partition coefficient (Wildman–Crippen LogP) is 5.53. The number of alkyl carbamates (subject to hydrolysis) is 1. The number of alkyl halides is 8. The van der Waals surface area contributed by atoms with E-state index >= 15 is 8.78 Å². The minimum absolute atomic E-state index is 0.185. The van der Waals surface area contributed by atoms with Crippen LogP contribution in [0.4, 0.5) is 59.4 Å². The number of nitrogens with zero attached hydrogens (tertiary/aromatic N) is 7. The molecule has 6 atom stereocenters. The van der Waals surface area contributed by atoms with E-state index in [1.807, 2.05) is 10.7 Å². The van der Waals surface area contributed by atoms with Crippen LogP contribution < -0.4 is 26.3 Å². The average molecular weight is 1130 g/mol. The molecule has 4 unspecified atom stereocenters. The highest BCUT2D eigenvalue weighted by molar-refractivity contribution is 5.87. The first kappa shape index (κ1) is 59.4. The fraction of sp³-hybridized carbons (Fsp3) is 0.500. The summed E-state index contributed by atoms with van der Waals surface area (Å²) in [6, 6.07) is 2.32. The maximum absolute atomic E-state index is 16.0. The van der Waals surface area contributed by atoms with Gasteiger partial charge in [0.05, 0.1) is 60.6 Å². The molecule has 4 amide bonds. The largest absolute Gasteiger partial charge is 0.465 e. The zero-order chi connectivity index (χ0) is 57.9. The van der Waals surface area contributed by atoms with Crippen LogP contribution in [0.2, 0.25) is 0 Å². The molecule has 0 saturated carbocycles. The van der Waals surface area contributed by atoms with Crippen LogP contribution in [-0.4, -0.2) is 159 Å². The van der Waals surface area contributed by atoms with Crippen LogP contribution in [0.1, 0.15) is 62.9 Å². The molecule has 2 aromatic carbocycles. The molecule has 0 aliphatic carbocycles. The molecule has 7 rings (SSSR count). The lowest BCUT2D eigenvalue weighted by Gasteiger charge is -2.42. The van der Waals surface area contributed by atoms with Gasteiger partial charge in [-0.1, -0.05) is 24.0 Å². The number of hydrazine groups is 1. The molecule has 29 heteroatoms. The van der Waals surface area contributed by atoms with Crippen LogP contribution in [0.15, 0.2) is 61.1 Å². The predicted molar refractivity (Wildman–Crippen MR) is 258 cm³/mol. The van der Waals surface area contributed by atoms with Crippen LogP contribution in [0, 0.1) is 34.3 Å². The molecule has 3 aliphatic heterocycles. The van der Waals surface area contributed by atoms with Crippen LogP contribution >= 0.6 is 0 Å². The molecular formula is C50H55F10N11O8. The summed E-state index contributed by atoms with van der Waals surface area (Å²) < 4.78 is 155. The van der Waals surface area contributed by atoms with E-state index < -0.39 is 115 Å². The Kier molecular flexibility index (Phi) is 17.7. The number of amides is 4. The number of halogens is 10. The molecule has 5 heterocycles. The third-order valence-corrected chi connectivity index (χ3v) is 14.2. The number of fused-ring (bicyclic) bond motifs is 2. The maximum Gasteiger partial charge on any atom is 0.407 e. The van der Waals surface area contributed by atoms with E-state index in [1.165, 1.54) is 29.6 Å². The SMILES string of the molecule is COC(=O)NC(C(=O)NC(Cc1ccc(C#Cc2cnc(N3C[C@H]4C[C@@H]3CN4C3COC3)nc2)cc1)C(O)CN(Cc1c(F)cc(-c2ccn(C(F)F)n2)cc1F)NC(=O)C(NC(=O)O)C(C)(C)C(F)(F)F)C(C)(C)C(F)(F)F. The molecule has 428 valence electrons. The number of likely N-dealkylation sites (tertiary alicyclic amines) is 1. The number of hydrogen-bond acceptors (Lipinski definition) is 13. The fourth-order valence-electron chi connectivity index (χ4n) is 9.20. The first-order valence-electron chi connectivity index (χ1n) is 24.3. The molecule has 4 aromatic rings. The molecule has 3 fully saturated rings. The van der Waals surface area contributed by atoms with Gasteiger partial charge in [-0.3, -0.25) is 19.9 Å². The Balaban J connectivity index is 1.18. The van der Waals surface area contributed by atoms with Gasteiger partial charge in [0.2, 0.25) is 11.9 Å². The third kappa shape index (κ3) is 13.6. The first-order chi connectivity index (χ1) is 37.0. The standard InChI is InChI=1S/C50H55F10N11O8/c1-47(2,49(55,56)57)39(65-46(77)78-5)41(73)63-37(14-27-9-6-26(7-10-27)8-11-28-18-61-44(62-19-28)70-21-30-17-31(70)20-69(30)32-24-79-25-32)38(72)23-68(67-42(74)40(64-45(75)76)48(3,4)50(58,59)60)22-33-34(51)15-29(16-35(33)52)36-12-13-71(66-36)43(53)54/h6-7,9-10,12-13,15-16,18-19,30-32,37-40,43,64,72H,14,17,20-25H2,1-5H3,(H,63,73)(H,65,77)(H,67,74)(H,75,76)/t30-,31-,37?,38?,39?,40?/m1/s1. The Labute approximate surface area is 445 Å². The highest BCUT2D eigenvalue weighted by atomic mass is 19.4. The van der Waals surface area contributed by atoms with Crippen molar-refractivity contribution in [2.24, 2.45) is 10.8 Å². The van der Waals surface area contributed by atoms with Gasteiger partial charge in [0, 0.05) is 73.5 Å². The molecule has 2 bridgehead atoms. The Bertz CT molecular complexity index is 2890. The van der Waals surface area contributed by atoms with Gasteiger partial charge in [0.1, 0.15) is 23.7 Å². The molecule has 0 spiro atoms. The lowest BCUT2D eigenvalue weighted by molar-refractivity contribution is -0.221. The number of piperazine rings is 1. The fourth-order valence-corrected chi connectivity index (χ4v) is 9.20. The van der Waals surface area contributed by atoms with Crippen molar-refractivity contribution in [3.8, 4) is 23.1 Å². The Morgan fingerprint density at radius 3 is 1.92 bits per heavy atom. The molecule has 3 aliphatic rings. The second-order valence-electron chi connectivity index (χ2n) is 20.3. The van der Waals surface area contributed by atoms with Crippen LogP contribution in [-0.2, 0) is 32.0 Å². The minimum Gasteiger partial charge on any atom is -0.465 e. The zero-order valence-corrected chi connectivity index (χ0v) is 42.8. The van der Waals surface area contributed by atoms with Gasteiger partial charge in [-0.05, 0) is 76.4 Å². The summed E-state index contributed by atoms with van der Waals surface area (Å²) in [6.07, 6.45) is -11.8. The number of benzene rings is 2. The topological polar surface area (TPSA) is 229 Å². The molecule has 6 N–H and O–H groups in total. The van der Waals surface area contributed by atoms with E-state index in [0.717, 1.165) is 52.1 Å². The van der Waals surface area contributed by atoms with Crippen molar-refractivity contribution in [1.29, 1.82) is 0 Å². The van der Waals surface area contributed by atoms with Crippen LogP contribution in [0.5, 0.6) is 0 Å². The highest BCUT2D eigenvalue weighted by Crippen LogP contribution is 2.42. The summed E-state index contributed by atoms with van der Waals surface area (Å²) in [5.74, 6) is 0.227. The maximum atomic E-state index is 16.0. The number of hydrogen-bond donors (Lipinski definition) is 6. The molecule has 0 radical (unpaired) electrons. The summed E-state index contributed by atoms with van der Waals surface area (Å²) >= 11 is 0. The molecule has 79 heavy (non-hydrogen) atoms. The number of ether oxygens (including phenoxy) is 2. The van der Waals surface area contributed by atoms with E-state index in [2.05, 4.69) is 46.8 Å². The Hall–Kier alpha value is -7.29. The number of rotatable bonds is 19. The van der Waals surface area contributed by atoms with Gasteiger partial charge < -0.3 is 40.5 Å². The number of aliphatic hydroxyl groups excluding tert-OH is 1. The average Bonchev–Trinajstić information content (AvgIpc) is 4.12. The monoisotopic (exact) mass is 1130 g/mol. The van der Waals surface area contributed by atoms with Gasteiger partial charge in [0.25, 0.3) is 5.91 Å². The molecular weight excluding hydrogens is 1070 g/mol. The van der Waals surface area contributed by atoms with Crippen LogP contribution in [0.3, 0.4) is 0 Å². The van der Waals surface area contributed by atoms with E-state index in [1.54, 1.807) is 12.4 Å². The number of aromatic nitrogens is 4. The smallest absolute Gasteiger partial charge is 0.407 e. The summed E-state index contributed by atoms with van der Waals surface area (Å²) in [4.78, 5) is 65.7. The van der Waals surface area contributed by atoms with Crippen molar-refractivity contribution < 1.29 is 82.8 Å². The lowest BCUT2D eigenvalue weighted by atomic mass is 9.82. The van der Waals surface area contributed by atoms with Crippen LogP contribution in [0.25, 0.3) is 11.3 Å². The summed E-state index contributed by atoms with van der Waals surface area (Å²) in [5.41, 5.74) is -4.85. The number of carboxylic acid groups (broad SMARTS) is 1. The number of carbonyl (C=O) groups excluding carboxylic acids is 3. The van der Waals surface area contributed by atoms with Crippen molar-refractivity contribution >= 4 is 29.9 Å². The summed E-state index contributed by atoms with van der Waals surface area (Å²) in [5, 5.41) is 31.0. The summed E-state index contributed by atoms with van der Waals surface area (Å²) in [6.45, 7) is -0.276.